The van der Waals surface area contributed by atoms with Gasteiger partial charge < -0.3 is 20.5 Å². The third-order valence-corrected chi connectivity index (χ3v) is 6.03. The Labute approximate surface area is 198 Å². The molecule has 9 heteroatoms. The molecule has 1 aliphatic rings. The quantitative estimate of drug-likeness (QED) is 0.572. The van der Waals surface area contributed by atoms with Gasteiger partial charge in [0.2, 0.25) is 5.91 Å². The highest BCUT2D eigenvalue weighted by atomic mass is 16.5. The summed E-state index contributed by atoms with van der Waals surface area (Å²) < 4.78 is 7.72. The van der Waals surface area contributed by atoms with Gasteiger partial charge in [0, 0.05) is 36.3 Å². The molecule has 0 spiro atoms. The molecule has 3 heterocycles. The Balaban J connectivity index is 1.91. The molecule has 1 aromatic carbocycles. The molecule has 0 radical (unpaired) electrons. The molecule has 1 saturated heterocycles. The lowest BCUT2D eigenvalue weighted by Crippen LogP contribution is -2.41. The van der Waals surface area contributed by atoms with Crippen molar-refractivity contribution in [3.8, 4) is 11.3 Å². The molecule has 9 nitrogen and oxygen atoms in total. The smallest absolute Gasteiger partial charge is 0.337 e. The van der Waals surface area contributed by atoms with E-state index in [1.54, 1.807) is 11.4 Å². The monoisotopic (exact) mass is 465 g/mol. The Bertz CT molecular complexity index is 1210. The lowest BCUT2D eigenvalue weighted by molar-refractivity contribution is -0.160. The third-order valence-electron chi connectivity index (χ3n) is 6.03. The minimum atomic E-state index is -1.23. The summed E-state index contributed by atoms with van der Waals surface area (Å²) in [6.07, 6.45) is -0.0601. The minimum Gasteiger partial charge on any atom is -0.479 e. The van der Waals surface area contributed by atoms with Crippen molar-refractivity contribution in [3.05, 3.63) is 47.7 Å². The highest BCUT2D eigenvalue weighted by molar-refractivity contribution is 5.79. The Hall–Kier alpha value is -3.46. The molecule has 3 aromatic rings. The standard InChI is InChI=1S/C25H31N5O4/c1-15-20(21(24(32)33)34-25(2,3)4)23(29-12-10-17(11-13-29)22(26)31)30-19(27-15)14-18(28-30)16-8-6-5-7-9-16/h5-9,14,17,21H,10-13H2,1-4H3,(H2,26,31)(H,32,33). The van der Waals surface area contributed by atoms with Gasteiger partial charge in [-0.3, -0.25) is 4.79 Å². The van der Waals surface area contributed by atoms with Crippen LogP contribution in [0.3, 0.4) is 0 Å². The molecule has 34 heavy (non-hydrogen) atoms. The van der Waals surface area contributed by atoms with E-state index in [0.717, 1.165) is 11.3 Å². The first kappa shape index (κ1) is 23.7. The maximum atomic E-state index is 12.4. The number of nitrogens with zero attached hydrogens (tertiary/aromatic N) is 4. The van der Waals surface area contributed by atoms with E-state index < -0.39 is 17.7 Å². The fourth-order valence-electron chi connectivity index (χ4n) is 4.44. The first-order valence-corrected chi connectivity index (χ1v) is 11.5. The van der Waals surface area contributed by atoms with Crippen molar-refractivity contribution >= 4 is 23.3 Å². The lowest BCUT2D eigenvalue weighted by atomic mass is 9.95. The van der Waals surface area contributed by atoms with Gasteiger partial charge in [-0.1, -0.05) is 30.3 Å². The number of hydrogen-bond acceptors (Lipinski definition) is 6. The Kier molecular flexibility index (Phi) is 6.31. The summed E-state index contributed by atoms with van der Waals surface area (Å²) in [6.45, 7) is 8.35. The molecular formula is C25H31N5O4. The topological polar surface area (TPSA) is 123 Å². The van der Waals surface area contributed by atoms with Gasteiger partial charge in [-0.05, 0) is 40.5 Å². The van der Waals surface area contributed by atoms with E-state index in [1.165, 1.54) is 0 Å². The zero-order valence-corrected chi connectivity index (χ0v) is 20.0. The molecule has 1 fully saturated rings. The predicted molar refractivity (Wildman–Crippen MR) is 129 cm³/mol. The number of anilines is 1. The molecular weight excluding hydrogens is 434 g/mol. The van der Waals surface area contributed by atoms with Crippen LogP contribution in [-0.4, -0.2) is 50.3 Å². The van der Waals surface area contributed by atoms with Crippen molar-refractivity contribution in [2.24, 2.45) is 11.7 Å². The number of carboxylic acids is 1. The molecule has 0 bridgehead atoms. The van der Waals surface area contributed by atoms with E-state index in [9.17, 15) is 14.7 Å². The van der Waals surface area contributed by atoms with Crippen molar-refractivity contribution in [1.82, 2.24) is 14.6 Å². The Morgan fingerprint density at radius 1 is 1.18 bits per heavy atom. The number of piperidine rings is 1. The van der Waals surface area contributed by atoms with Gasteiger partial charge in [0.15, 0.2) is 11.8 Å². The van der Waals surface area contributed by atoms with Crippen LogP contribution in [-0.2, 0) is 14.3 Å². The van der Waals surface area contributed by atoms with Gasteiger partial charge in [0.05, 0.1) is 16.9 Å². The van der Waals surface area contributed by atoms with E-state index in [0.29, 0.717) is 48.7 Å². The molecule has 1 aliphatic heterocycles. The SMILES string of the molecule is Cc1nc2cc(-c3ccccc3)nn2c(N2CCC(C(N)=O)CC2)c1C(OC(C)(C)C)C(=O)O. The number of aryl methyl sites for hydroxylation is 1. The van der Waals surface area contributed by atoms with Crippen LogP contribution < -0.4 is 10.6 Å². The van der Waals surface area contributed by atoms with Crippen LogP contribution in [0.1, 0.15) is 51.0 Å². The van der Waals surface area contributed by atoms with Gasteiger partial charge in [-0.15, -0.1) is 0 Å². The number of aliphatic carboxylic acids is 1. The zero-order valence-electron chi connectivity index (χ0n) is 20.0. The number of ether oxygens (including phenoxy) is 1. The number of amides is 1. The van der Waals surface area contributed by atoms with E-state index in [-0.39, 0.29) is 11.8 Å². The maximum absolute atomic E-state index is 12.4. The van der Waals surface area contributed by atoms with Crippen LogP contribution in [0.4, 0.5) is 5.82 Å². The minimum absolute atomic E-state index is 0.197. The summed E-state index contributed by atoms with van der Waals surface area (Å²) in [5.41, 5.74) is 8.17. The van der Waals surface area contributed by atoms with Crippen LogP contribution >= 0.6 is 0 Å². The number of primary amides is 1. The first-order valence-electron chi connectivity index (χ1n) is 11.5. The molecule has 1 amide bonds. The van der Waals surface area contributed by atoms with Crippen LogP contribution in [0, 0.1) is 12.8 Å². The molecule has 1 atom stereocenters. The number of hydrogen-bond donors (Lipinski definition) is 2. The van der Waals surface area contributed by atoms with Crippen molar-refractivity contribution in [1.29, 1.82) is 0 Å². The van der Waals surface area contributed by atoms with Crippen LogP contribution in [0.15, 0.2) is 36.4 Å². The lowest BCUT2D eigenvalue weighted by Gasteiger charge is -2.35. The second-order valence-corrected chi connectivity index (χ2v) is 9.71. The number of fused-ring (bicyclic) bond motifs is 1. The molecule has 2 aromatic heterocycles. The van der Waals surface area contributed by atoms with E-state index >= 15 is 0 Å². The second-order valence-electron chi connectivity index (χ2n) is 9.71. The van der Waals surface area contributed by atoms with Gasteiger partial charge in [0.1, 0.15) is 5.82 Å². The van der Waals surface area contributed by atoms with Crippen molar-refractivity contribution in [3.63, 3.8) is 0 Å². The number of benzene rings is 1. The van der Waals surface area contributed by atoms with Crippen LogP contribution in [0.5, 0.6) is 0 Å². The van der Waals surface area contributed by atoms with Gasteiger partial charge in [-0.25, -0.2) is 9.78 Å². The number of carbonyl (C=O) groups excluding carboxylic acids is 1. The highest BCUT2D eigenvalue weighted by Crippen LogP contribution is 2.37. The molecule has 0 saturated carbocycles. The third kappa shape index (κ3) is 4.75. The fraction of sp³-hybridized carbons (Fsp3) is 0.440. The summed E-state index contributed by atoms with van der Waals surface area (Å²) in [6, 6.07) is 11.7. The van der Waals surface area contributed by atoms with Gasteiger partial charge in [0.25, 0.3) is 0 Å². The summed E-state index contributed by atoms with van der Waals surface area (Å²) >= 11 is 0. The maximum Gasteiger partial charge on any atom is 0.337 e. The molecule has 3 N–H and O–H groups in total. The van der Waals surface area contributed by atoms with Crippen LogP contribution in [0.25, 0.3) is 16.9 Å². The number of aromatic nitrogens is 3. The molecule has 180 valence electrons. The van der Waals surface area contributed by atoms with Crippen molar-refractivity contribution < 1.29 is 19.4 Å². The second kappa shape index (κ2) is 9.06. The van der Waals surface area contributed by atoms with E-state index in [1.807, 2.05) is 57.2 Å². The van der Waals surface area contributed by atoms with Crippen LogP contribution in [0.2, 0.25) is 0 Å². The fourth-order valence-corrected chi connectivity index (χ4v) is 4.44. The van der Waals surface area contributed by atoms with Gasteiger partial charge >= 0.3 is 5.97 Å². The summed E-state index contributed by atoms with van der Waals surface area (Å²) in [5, 5.41) is 15.0. The number of rotatable bonds is 6. The number of carboxylic acid groups (broad SMARTS) is 1. The average molecular weight is 466 g/mol. The van der Waals surface area contributed by atoms with Crippen molar-refractivity contribution in [2.45, 2.75) is 52.2 Å². The summed E-state index contributed by atoms with van der Waals surface area (Å²) in [7, 11) is 0. The number of nitrogens with two attached hydrogens (primary N) is 1. The van der Waals surface area contributed by atoms with E-state index in [2.05, 4.69) is 4.90 Å². The average Bonchev–Trinajstić information content (AvgIpc) is 3.20. The van der Waals surface area contributed by atoms with Gasteiger partial charge in [-0.2, -0.15) is 9.61 Å². The first-order chi connectivity index (χ1) is 16.0. The van der Waals surface area contributed by atoms with Crippen molar-refractivity contribution in [2.75, 3.05) is 18.0 Å². The normalized spacial score (nSPS) is 16.1. The Morgan fingerprint density at radius 3 is 2.38 bits per heavy atom. The molecule has 0 aliphatic carbocycles. The Morgan fingerprint density at radius 2 is 1.82 bits per heavy atom. The molecule has 1 unspecified atom stereocenters. The largest absolute Gasteiger partial charge is 0.479 e. The van der Waals surface area contributed by atoms with E-state index in [4.69, 9.17) is 20.6 Å². The summed E-state index contributed by atoms with van der Waals surface area (Å²) in [5.74, 6) is -0.968. The zero-order chi connectivity index (χ0) is 24.6. The summed E-state index contributed by atoms with van der Waals surface area (Å²) in [4.78, 5) is 30.9. The molecule has 4 rings (SSSR count). The predicted octanol–water partition coefficient (Wildman–Crippen LogP) is 3.35. The number of carbonyl (C=O) groups is 2. The highest BCUT2D eigenvalue weighted by Gasteiger charge is 2.35.